The second kappa shape index (κ2) is 5.95. The van der Waals surface area contributed by atoms with Gasteiger partial charge in [0.2, 0.25) is 0 Å². The lowest BCUT2D eigenvalue weighted by Crippen LogP contribution is -2.40. The van der Waals surface area contributed by atoms with E-state index in [0.29, 0.717) is 5.02 Å². The number of rotatable bonds is 4. The molecule has 0 aliphatic carbocycles. The van der Waals surface area contributed by atoms with Crippen LogP contribution in [0.3, 0.4) is 0 Å². The fraction of sp³-hybridized carbons (Fsp3) is 0.143. The van der Waals surface area contributed by atoms with Gasteiger partial charge >= 0.3 is 5.97 Å². The molecule has 2 N–H and O–H groups in total. The summed E-state index contributed by atoms with van der Waals surface area (Å²) < 4.78 is 0.867. The van der Waals surface area contributed by atoms with Crippen LogP contribution in [0.1, 0.15) is 16.1 Å². The van der Waals surface area contributed by atoms with E-state index in [2.05, 4.69) is 11.2 Å². The van der Waals surface area contributed by atoms with Crippen molar-refractivity contribution in [3.63, 3.8) is 0 Å². The molecule has 1 unspecified atom stereocenters. The van der Waals surface area contributed by atoms with Gasteiger partial charge in [0.15, 0.2) is 0 Å². The fourth-order valence-corrected chi connectivity index (χ4v) is 3.12. The van der Waals surface area contributed by atoms with Gasteiger partial charge in [0.05, 0.1) is 5.02 Å². The fourth-order valence-electron chi connectivity index (χ4n) is 1.70. The smallest absolute Gasteiger partial charge is 0.327 e. The van der Waals surface area contributed by atoms with Crippen LogP contribution in [0, 0.1) is 12.3 Å². The topological polar surface area (TPSA) is 66.4 Å². The van der Waals surface area contributed by atoms with Crippen LogP contribution >= 0.6 is 22.9 Å². The van der Waals surface area contributed by atoms with Gasteiger partial charge in [0.1, 0.15) is 10.9 Å². The van der Waals surface area contributed by atoms with E-state index in [9.17, 15) is 9.59 Å². The third-order valence-corrected chi connectivity index (χ3v) is 4.34. The molecule has 0 radical (unpaired) electrons. The number of aliphatic carboxylic acids is 1. The van der Waals surface area contributed by atoms with Crippen LogP contribution in [0.15, 0.2) is 24.3 Å². The Hall–Kier alpha value is -2.03. The number of carbonyl (C=O) groups is 2. The monoisotopic (exact) mass is 307 g/mol. The number of thiophene rings is 1. The summed E-state index contributed by atoms with van der Waals surface area (Å²) in [7, 11) is 0. The Labute approximate surface area is 124 Å². The summed E-state index contributed by atoms with van der Waals surface area (Å²) in [6.45, 7) is 0. The lowest BCUT2D eigenvalue weighted by atomic mass is 10.2. The molecule has 0 fully saturated rings. The first-order valence-corrected chi connectivity index (χ1v) is 6.88. The van der Waals surface area contributed by atoms with Crippen molar-refractivity contribution in [1.29, 1.82) is 0 Å². The first-order valence-electron chi connectivity index (χ1n) is 5.68. The molecule has 1 heterocycles. The third-order valence-electron chi connectivity index (χ3n) is 2.67. The molecule has 0 aliphatic heterocycles. The van der Waals surface area contributed by atoms with E-state index < -0.39 is 17.9 Å². The first kappa shape index (κ1) is 14.4. The average Bonchev–Trinajstić information content (AvgIpc) is 2.76. The van der Waals surface area contributed by atoms with Crippen LogP contribution in [0.2, 0.25) is 5.02 Å². The molecule has 20 heavy (non-hydrogen) atoms. The van der Waals surface area contributed by atoms with Gasteiger partial charge in [-0.1, -0.05) is 29.8 Å². The zero-order valence-corrected chi connectivity index (χ0v) is 11.8. The molecule has 2 rings (SSSR count). The molecule has 0 saturated carbocycles. The molecule has 1 amide bonds. The third kappa shape index (κ3) is 2.77. The largest absolute Gasteiger partial charge is 0.480 e. The van der Waals surface area contributed by atoms with Crippen molar-refractivity contribution in [1.82, 2.24) is 5.32 Å². The van der Waals surface area contributed by atoms with Crippen LogP contribution in [0.25, 0.3) is 10.1 Å². The number of carboxylic acid groups (broad SMARTS) is 1. The van der Waals surface area contributed by atoms with Crippen LogP contribution in [-0.2, 0) is 4.79 Å². The summed E-state index contributed by atoms with van der Waals surface area (Å²) in [4.78, 5) is 23.4. The van der Waals surface area contributed by atoms with Gasteiger partial charge in [-0.2, -0.15) is 0 Å². The molecule has 6 heteroatoms. The molecule has 0 spiro atoms. The number of amides is 1. The van der Waals surface area contributed by atoms with Crippen molar-refractivity contribution >= 4 is 44.9 Å². The van der Waals surface area contributed by atoms with Gasteiger partial charge in [0.25, 0.3) is 5.91 Å². The minimum Gasteiger partial charge on any atom is -0.480 e. The van der Waals surface area contributed by atoms with Gasteiger partial charge in [0, 0.05) is 16.5 Å². The van der Waals surface area contributed by atoms with Gasteiger partial charge in [-0.05, 0) is 6.07 Å². The number of hydrogen-bond acceptors (Lipinski definition) is 3. The lowest BCUT2D eigenvalue weighted by Gasteiger charge is -2.10. The number of carbonyl (C=O) groups excluding carboxylic acids is 1. The van der Waals surface area contributed by atoms with Crippen LogP contribution in [-0.4, -0.2) is 23.0 Å². The maximum atomic E-state index is 12.1. The summed E-state index contributed by atoms with van der Waals surface area (Å²) in [5.41, 5.74) is 0. The zero-order chi connectivity index (χ0) is 14.7. The summed E-state index contributed by atoms with van der Waals surface area (Å²) in [5.74, 6) is 0.521. The van der Waals surface area contributed by atoms with E-state index >= 15 is 0 Å². The van der Waals surface area contributed by atoms with Gasteiger partial charge in [-0.25, -0.2) is 4.79 Å². The number of halogens is 1. The van der Waals surface area contributed by atoms with E-state index in [1.807, 2.05) is 18.2 Å². The van der Waals surface area contributed by atoms with E-state index in [0.717, 1.165) is 10.1 Å². The van der Waals surface area contributed by atoms with Gasteiger partial charge in [-0.15, -0.1) is 23.7 Å². The number of fused-ring (bicyclic) bond motifs is 1. The predicted molar refractivity (Wildman–Crippen MR) is 79.2 cm³/mol. The summed E-state index contributed by atoms with van der Waals surface area (Å²) >= 11 is 7.37. The number of terminal acetylenes is 1. The highest BCUT2D eigenvalue weighted by atomic mass is 35.5. The van der Waals surface area contributed by atoms with Crippen LogP contribution < -0.4 is 5.32 Å². The first-order chi connectivity index (χ1) is 9.54. The minimum absolute atomic E-state index is 0.0798. The molecule has 1 aromatic carbocycles. The average molecular weight is 308 g/mol. The van der Waals surface area contributed by atoms with Crippen molar-refractivity contribution in [3.05, 3.63) is 34.2 Å². The second-order valence-electron chi connectivity index (χ2n) is 4.01. The molecule has 0 bridgehead atoms. The number of carboxylic acids is 1. The Bertz CT molecular complexity index is 717. The lowest BCUT2D eigenvalue weighted by molar-refractivity contribution is -0.139. The van der Waals surface area contributed by atoms with E-state index in [-0.39, 0.29) is 11.3 Å². The van der Waals surface area contributed by atoms with Crippen LogP contribution in [0.4, 0.5) is 0 Å². The predicted octanol–water partition coefficient (Wildman–Crippen LogP) is 2.76. The molecule has 0 saturated heterocycles. The van der Waals surface area contributed by atoms with E-state index in [1.54, 1.807) is 6.07 Å². The summed E-state index contributed by atoms with van der Waals surface area (Å²) in [5, 5.41) is 12.4. The van der Waals surface area contributed by atoms with Crippen molar-refractivity contribution in [3.8, 4) is 12.3 Å². The Morgan fingerprint density at radius 3 is 2.75 bits per heavy atom. The highest BCUT2D eigenvalue weighted by Gasteiger charge is 2.23. The molecule has 1 aromatic heterocycles. The van der Waals surface area contributed by atoms with E-state index in [4.69, 9.17) is 23.1 Å². The zero-order valence-electron chi connectivity index (χ0n) is 10.2. The van der Waals surface area contributed by atoms with Crippen molar-refractivity contribution in [2.45, 2.75) is 12.5 Å². The maximum Gasteiger partial charge on any atom is 0.327 e. The quantitative estimate of drug-likeness (QED) is 0.854. The highest BCUT2D eigenvalue weighted by molar-refractivity contribution is 7.21. The molecule has 2 aromatic rings. The van der Waals surface area contributed by atoms with Crippen molar-refractivity contribution in [2.75, 3.05) is 0 Å². The van der Waals surface area contributed by atoms with Crippen molar-refractivity contribution in [2.24, 2.45) is 0 Å². The Morgan fingerprint density at radius 1 is 1.45 bits per heavy atom. The molecular formula is C14H10ClNO3S. The van der Waals surface area contributed by atoms with Crippen LogP contribution in [0.5, 0.6) is 0 Å². The standard InChI is InChI=1S/C14H10ClNO3S/c1-2-5-9(14(18)19)16-13(17)12-11(15)8-6-3-4-7-10(8)20-12/h1,3-4,6-7,9H,5H2,(H,16,17)(H,18,19). The van der Waals surface area contributed by atoms with E-state index in [1.165, 1.54) is 11.3 Å². The van der Waals surface area contributed by atoms with Crippen molar-refractivity contribution < 1.29 is 14.7 Å². The normalized spacial score (nSPS) is 11.8. The maximum absolute atomic E-state index is 12.1. The Morgan fingerprint density at radius 2 is 2.15 bits per heavy atom. The summed E-state index contributed by atoms with van der Waals surface area (Å²) in [6, 6.07) is 6.20. The molecule has 0 aliphatic rings. The Balaban J connectivity index is 2.30. The number of benzene rings is 1. The molecule has 102 valence electrons. The number of hydrogen-bond donors (Lipinski definition) is 2. The summed E-state index contributed by atoms with van der Waals surface area (Å²) in [6.07, 6.45) is 5.00. The molecule has 4 nitrogen and oxygen atoms in total. The Kier molecular flexibility index (Phi) is 4.28. The minimum atomic E-state index is -1.17. The highest BCUT2D eigenvalue weighted by Crippen LogP contribution is 2.35. The molecular weight excluding hydrogens is 298 g/mol. The van der Waals surface area contributed by atoms with Gasteiger partial charge in [-0.3, -0.25) is 4.79 Å². The molecule has 1 atom stereocenters. The SMILES string of the molecule is C#CCC(NC(=O)c1sc2ccccc2c1Cl)C(=O)O. The van der Waals surface area contributed by atoms with Gasteiger partial charge < -0.3 is 10.4 Å². The number of nitrogens with one attached hydrogen (secondary N) is 1. The second-order valence-corrected chi connectivity index (χ2v) is 5.44.